The molecule has 0 atom stereocenters. The molecule has 10 heteroatoms. The van der Waals surface area contributed by atoms with Crippen LogP contribution in [0.15, 0.2) is 24.3 Å². The highest BCUT2D eigenvalue weighted by atomic mass is 16.4. The minimum atomic E-state index is -1.11. The van der Waals surface area contributed by atoms with Gasteiger partial charge in [0.15, 0.2) is 0 Å². The van der Waals surface area contributed by atoms with E-state index < -0.39 is 24.0 Å². The maximum absolute atomic E-state index is 12.3. The van der Waals surface area contributed by atoms with Crippen molar-refractivity contribution >= 4 is 29.4 Å². The van der Waals surface area contributed by atoms with Crippen LogP contribution in [0.3, 0.4) is 0 Å². The molecule has 0 fully saturated rings. The van der Waals surface area contributed by atoms with Crippen molar-refractivity contribution in [1.82, 2.24) is 15.1 Å². The summed E-state index contributed by atoms with van der Waals surface area (Å²) in [6.45, 7) is 6.46. The third-order valence-electron chi connectivity index (χ3n) is 4.03. The lowest BCUT2D eigenvalue weighted by atomic mass is 10.1. The molecule has 0 spiro atoms. The number of nitrogens with zero attached hydrogens (tertiary/aromatic N) is 2. The number of anilines is 1. The molecule has 1 aromatic carbocycles. The molecule has 0 aromatic heterocycles. The number of carbonyl (C=O) groups is 4. The van der Waals surface area contributed by atoms with Crippen LogP contribution < -0.4 is 10.6 Å². The molecule has 0 unspecified atom stereocenters. The van der Waals surface area contributed by atoms with E-state index in [0.29, 0.717) is 5.69 Å². The first kappa shape index (κ1) is 26.1. The maximum Gasteiger partial charge on any atom is 0.317 e. The van der Waals surface area contributed by atoms with E-state index in [9.17, 15) is 19.2 Å². The van der Waals surface area contributed by atoms with Gasteiger partial charge in [-0.1, -0.05) is 17.7 Å². The van der Waals surface area contributed by atoms with Gasteiger partial charge in [-0.15, -0.1) is 0 Å². The molecule has 2 amide bonds. The van der Waals surface area contributed by atoms with Crippen LogP contribution in [-0.2, 0) is 19.2 Å². The first-order valence-electron chi connectivity index (χ1n) is 9.90. The molecule has 31 heavy (non-hydrogen) atoms. The molecule has 1 aromatic rings. The summed E-state index contributed by atoms with van der Waals surface area (Å²) in [7, 11) is 0. The van der Waals surface area contributed by atoms with E-state index in [1.165, 1.54) is 9.80 Å². The second kappa shape index (κ2) is 12.0. The smallest absolute Gasteiger partial charge is 0.317 e. The van der Waals surface area contributed by atoms with Crippen LogP contribution in [0.25, 0.3) is 0 Å². The average Bonchev–Trinajstić information content (AvgIpc) is 2.58. The van der Waals surface area contributed by atoms with Crippen molar-refractivity contribution in [3.8, 4) is 0 Å². The first-order chi connectivity index (χ1) is 14.3. The summed E-state index contributed by atoms with van der Waals surface area (Å²) in [5.74, 6) is -2.94. The number of hydrogen-bond acceptors (Lipinski definition) is 6. The minimum absolute atomic E-state index is 0.101. The fraction of sp³-hybridized carbons (Fsp3) is 0.524. The summed E-state index contributed by atoms with van der Waals surface area (Å²) in [6, 6.07) is 7.18. The Hall–Kier alpha value is -2.98. The van der Waals surface area contributed by atoms with Crippen LogP contribution in [-0.4, -0.2) is 88.6 Å². The number of aliphatic carboxylic acids is 2. The van der Waals surface area contributed by atoms with Crippen molar-refractivity contribution in [1.29, 1.82) is 0 Å². The largest absolute Gasteiger partial charge is 0.480 e. The molecule has 0 heterocycles. The van der Waals surface area contributed by atoms with Gasteiger partial charge in [0.1, 0.15) is 0 Å². The van der Waals surface area contributed by atoms with Gasteiger partial charge in [-0.25, -0.2) is 0 Å². The first-order valence-corrected chi connectivity index (χ1v) is 9.90. The van der Waals surface area contributed by atoms with Crippen molar-refractivity contribution < 1.29 is 29.4 Å². The van der Waals surface area contributed by atoms with Gasteiger partial charge in [-0.05, 0) is 39.8 Å². The van der Waals surface area contributed by atoms with Crippen LogP contribution in [0.4, 0.5) is 5.69 Å². The molecule has 0 saturated carbocycles. The number of carboxylic acids is 2. The van der Waals surface area contributed by atoms with E-state index in [2.05, 4.69) is 10.6 Å². The van der Waals surface area contributed by atoms with Crippen LogP contribution in [0.5, 0.6) is 0 Å². The van der Waals surface area contributed by atoms with Gasteiger partial charge in [0.2, 0.25) is 11.8 Å². The van der Waals surface area contributed by atoms with Gasteiger partial charge in [0, 0.05) is 24.3 Å². The van der Waals surface area contributed by atoms with E-state index in [0.717, 1.165) is 5.56 Å². The normalized spacial score (nSPS) is 11.4. The van der Waals surface area contributed by atoms with E-state index in [4.69, 9.17) is 10.2 Å². The number of hydrogen-bond donors (Lipinski definition) is 4. The molecule has 0 aliphatic carbocycles. The highest BCUT2D eigenvalue weighted by molar-refractivity contribution is 5.92. The highest BCUT2D eigenvalue weighted by Gasteiger charge is 2.21. The number of carbonyl (C=O) groups excluding carboxylic acids is 2. The third-order valence-corrected chi connectivity index (χ3v) is 4.03. The summed E-state index contributed by atoms with van der Waals surface area (Å²) >= 11 is 0. The quantitative estimate of drug-likeness (QED) is 0.374. The monoisotopic (exact) mass is 436 g/mol. The standard InChI is InChI=1S/C21H32N4O6/c1-15-5-7-16(8-6-15)22-17(26)11-24(13-19(28)29)9-10-25(14-20(30)31)12-18(27)23-21(2,3)4/h5-8H,9-14H2,1-4H3,(H,22,26)(H,23,27)(H,28,29)(H,30,31). The van der Waals surface area contributed by atoms with Crippen LogP contribution in [0.1, 0.15) is 26.3 Å². The molecule has 0 radical (unpaired) electrons. The minimum Gasteiger partial charge on any atom is -0.480 e. The number of aryl methyl sites for hydroxylation is 1. The zero-order chi connectivity index (χ0) is 23.6. The summed E-state index contributed by atoms with van der Waals surface area (Å²) in [5.41, 5.74) is 1.17. The van der Waals surface area contributed by atoms with Gasteiger partial charge in [0.25, 0.3) is 0 Å². The highest BCUT2D eigenvalue weighted by Crippen LogP contribution is 2.08. The Balaban J connectivity index is 2.72. The van der Waals surface area contributed by atoms with Crippen molar-refractivity contribution in [2.45, 2.75) is 33.2 Å². The number of benzene rings is 1. The van der Waals surface area contributed by atoms with Gasteiger partial charge >= 0.3 is 11.9 Å². The number of nitrogens with one attached hydrogen (secondary N) is 2. The van der Waals surface area contributed by atoms with Crippen LogP contribution in [0, 0.1) is 6.92 Å². The molecular formula is C21H32N4O6. The van der Waals surface area contributed by atoms with Crippen molar-refractivity contribution in [3.63, 3.8) is 0 Å². The Morgan fingerprint density at radius 1 is 0.806 bits per heavy atom. The Morgan fingerprint density at radius 2 is 1.26 bits per heavy atom. The van der Waals surface area contributed by atoms with E-state index in [1.54, 1.807) is 12.1 Å². The summed E-state index contributed by atoms with van der Waals surface area (Å²) in [5, 5.41) is 23.7. The molecule has 0 aliphatic rings. The topological polar surface area (TPSA) is 139 Å². The number of carboxylic acid groups (broad SMARTS) is 2. The van der Waals surface area contributed by atoms with E-state index >= 15 is 0 Å². The molecule has 0 bridgehead atoms. The molecule has 4 N–H and O–H groups in total. The predicted octanol–water partition coefficient (Wildman–Crippen LogP) is 0.621. The van der Waals surface area contributed by atoms with Crippen molar-refractivity contribution in [2.75, 3.05) is 44.6 Å². The lowest BCUT2D eigenvalue weighted by molar-refractivity contribution is -0.141. The lowest BCUT2D eigenvalue weighted by Gasteiger charge is -2.27. The second-order valence-electron chi connectivity index (χ2n) is 8.42. The fourth-order valence-electron chi connectivity index (χ4n) is 2.79. The fourth-order valence-corrected chi connectivity index (χ4v) is 2.79. The van der Waals surface area contributed by atoms with E-state index in [1.807, 2.05) is 39.8 Å². The predicted molar refractivity (Wildman–Crippen MR) is 116 cm³/mol. The number of amides is 2. The Labute approximate surface area is 182 Å². The van der Waals surface area contributed by atoms with E-state index in [-0.39, 0.29) is 44.5 Å². The van der Waals surface area contributed by atoms with Gasteiger partial charge in [-0.3, -0.25) is 29.0 Å². The van der Waals surface area contributed by atoms with Gasteiger partial charge < -0.3 is 20.8 Å². The van der Waals surface area contributed by atoms with Crippen LogP contribution >= 0.6 is 0 Å². The summed E-state index contributed by atoms with van der Waals surface area (Å²) in [4.78, 5) is 49.6. The van der Waals surface area contributed by atoms with Crippen molar-refractivity contribution in [2.24, 2.45) is 0 Å². The van der Waals surface area contributed by atoms with Crippen LogP contribution in [0.2, 0.25) is 0 Å². The SMILES string of the molecule is Cc1ccc(NC(=O)CN(CCN(CC(=O)O)CC(=O)NC(C)(C)C)CC(=O)O)cc1. The second-order valence-corrected chi connectivity index (χ2v) is 8.42. The van der Waals surface area contributed by atoms with Gasteiger partial charge in [-0.2, -0.15) is 0 Å². The molecule has 0 aliphatic heterocycles. The Kier molecular flexibility index (Phi) is 10.1. The zero-order valence-corrected chi connectivity index (χ0v) is 18.5. The van der Waals surface area contributed by atoms with Crippen molar-refractivity contribution in [3.05, 3.63) is 29.8 Å². The molecule has 172 valence electrons. The summed E-state index contributed by atoms with van der Waals surface area (Å²) in [6.07, 6.45) is 0. The zero-order valence-electron chi connectivity index (χ0n) is 18.5. The Bertz CT molecular complexity index is 773. The average molecular weight is 437 g/mol. The lowest BCUT2D eigenvalue weighted by Crippen LogP contribution is -2.49. The Morgan fingerprint density at radius 3 is 1.68 bits per heavy atom. The number of rotatable bonds is 12. The molecule has 0 saturated heterocycles. The molecule has 1 rings (SSSR count). The molecular weight excluding hydrogens is 404 g/mol. The third kappa shape index (κ3) is 12.3. The molecule has 10 nitrogen and oxygen atoms in total. The van der Waals surface area contributed by atoms with Gasteiger partial charge in [0.05, 0.1) is 26.2 Å². The maximum atomic E-state index is 12.3. The summed E-state index contributed by atoms with van der Waals surface area (Å²) < 4.78 is 0.